The van der Waals surface area contributed by atoms with E-state index in [9.17, 15) is 4.79 Å². The summed E-state index contributed by atoms with van der Waals surface area (Å²) < 4.78 is 1.07. The number of carbonyl (C=O) groups excluding carboxylic acids is 1. The number of amides is 1. The number of carbonyl (C=O) groups is 1. The topological polar surface area (TPSA) is 55.1 Å². The molecule has 1 aliphatic rings. The largest absolute Gasteiger partial charge is 0.397 e. The second-order valence-corrected chi connectivity index (χ2v) is 7.50. The van der Waals surface area contributed by atoms with Gasteiger partial charge in [-0.05, 0) is 36.8 Å². The first kappa shape index (κ1) is 13.4. The smallest absolute Gasteiger partial charge is 0.263 e. The molecule has 106 valence electrons. The Balaban J connectivity index is 1.79. The van der Waals surface area contributed by atoms with E-state index >= 15 is 0 Å². The van der Waals surface area contributed by atoms with E-state index in [1.165, 1.54) is 17.8 Å². The van der Waals surface area contributed by atoms with Gasteiger partial charge in [-0.3, -0.25) is 4.79 Å². The van der Waals surface area contributed by atoms with E-state index in [2.05, 4.69) is 19.2 Å². The zero-order valence-electron chi connectivity index (χ0n) is 12.1. The molecule has 1 saturated carbocycles. The number of fused-ring (bicyclic) bond motifs is 1. The lowest BCUT2D eigenvalue weighted by molar-refractivity contribution is 0.0955. The molecule has 3 N–H and O–H groups in total. The Morgan fingerprint density at radius 2 is 2.20 bits per heavy atom. The van der Waals surface area contributed by atoms with Crippen LogP contribution in [-0.4, -0.2) is 12.5 Å². The van der Waals surface area contributed by atoms with Crippen LogP contribution in [0.25, 0.3) is 10.1 Å². The van der Waals surface area contributed by atoms with Crippen molar-refractivity contribution in [2.45, 2.75) is 27.2 Å². The molecule has 1 aromatic carbocycles. The van der Waals surface area contributed by atoms with Gasteiger partial charge in [0.25, 0.3) is 5.91 Å². The first-order valence-electron chi connectivity index (χ1n) is 6.95. The molecule has 3 rings (SSSR count). The van der Waals surface area contributed by atoms with Gasteiger partial charge in [0.05, 0.1) is 5.69 Å². The quantitative estimate of drug-likeness (QED) is 0.907. The fraction of sp³-hybridized carbons (Fsp3) is 0.438. The summed E-state index contributed by atoms with van der Waals surface area (Å²) in [5.41, 5.74) is 8.29. The van der Waals surface area contributed by atoms with Crippen molar-refractivity contribution in [3.05, 3.63) is 28.6 Å². The summed E-state index contributed by atoms with van der Waals surface area (Å²) in [5.74, 6) is 0.563. The lowest BCUT2D eigenvalue weighted by Gasteiger charge is -2.05. The van der Waals surface area contributed by atoms with Crippen LogP contribution in [0.2, 0.25) is 0 Å². The summed E-state index contributed by atoms with van der Waals surface area (Å²) in [7, 11) is 0. The molecule has 0 saturated heterocycles. The first-order chi connectivity index (χ1) is 9.38. The van der Waals surface area contributed by atoms with Crippen molar-refractivity contribution < 1.29 is 4.79 Å². The molecular formula is C16H20N2OS. The Labute approximate surface area is 123 Å². The van der Waals surface area contributed by atoms with Gasteiger partial charge in [-0.1, -0.05) is 25.5 Å². The van der Waals surface area contributed by atoms with Gasteiger partial charge in [-0.15, -0.1) is 11.3 Å². The first-order valence-corrected chi connectivity index (χ1v) is 7.77. The third-order valence-electron chi connectivity index (χ3n) is 4.31. The van der Waals surface area contributed by atoms with Gasteiger partial charge < -0.3 is 11.1 Å². The van der Waals surface area contributed by atoms with E-state index in [1.54, 1.807) is 0 Å². The number of aryl methyl sites for hydroxylation is 1. The zero-order chi connectivity index (χ0) is 14.5. The lowest BCUT2D eigenvalue weighted by Crippen LogP contribution is -2.26. The molecule has 0 spiro atoms. The average Bonchev–Trinajstić information content (AvgIpc) is 2.87. The maximum atomic E-state index is 12.3. The summed E-state index contributed by atoms with van der Waals surface area (Å²) in [6.45, 7) is 7.25. The van der Waals surface area contributed by atoms with Gasteiger partial charge >= 0.3 is 0 Å². The van der Waals surface area contributed by atoms with Gasteiger partial charge in [0.2, 0.25) is 0 Å². The molecule has 1 unspecified atom stereocenters. The molecule has 1 amide bonds. The van der Waals surface area contributed by atoms with E-state index < -0.39 is 0 Å². The minimum atomic E-state index is -0.0379. The van der Waals surface area contributed by atoms with Crippen LogP contribution in [0.3, 0.4) is 0 Å². The number of benzene rings is 1. The second kappa shape index (κ2) is 4.48. The molecule has 1 aliphatic carbocycles. The minimum Gasteiger partial charge on any atom is -0.397 e. The summed E-state index contributed by atoms with van der Waals surface area (Å²) in [4.78, 5) is 12.9. The Hall–Kier alpha value is -1.55. The number of nitrogens with two attached hydrogens (primary N) is 1. The highest BCUT2D eigenvalue weighted by atomic mass is 32.1. The van der Waals surface area contributed by atoms with Crippen LogP contribution < -0.4 is 11.1 Å². The van der Waals surface area contributed by atoms with Gasteiger partial charge in [0.15, 0.2) is 0 Å². The van der Waals surface area contributed by atoms with Crippen LogP contribution in [0, 0.1) is 18.3 Å². The van der Waals surface area contributed by atoms with Crippen molar-refractivity contribution in [1.82, 2.24) is 5.32 Å². The van der Waals surface area contributed by atoms with Crippen LogP contribution in [0.1, 0.15) is 35.5 Å². The third kappa shape index (κ3) is 2.29. The number of hydrogen-bond donors (Lipinski definition) is 2. The van der Waals surface area contributed by atoms with Crippen LogP contribution in [0.5, 0.6) is 0 Å². The van der Waals surface area contributed by atoms with Crippen molar-refractivity contribution in [3.63, 3.8) is 0 Å². The highest BCUT2D eigenvalue weighted by Crippen LogP contribution is 2.51. The summed E-state index contributed by atoms with van der Waals surface area (Å²) in [5, 5.41) is 4.02. The Morgan fingerprint density at radius 1 is 1.50 bits per heavy atom. The summed E-state index contributed by atoms with van der Waals surface area (Å²) >= 11 is 1.48. The number of rotatable bonds is 3. The van der Waals surface area contributed by atoms with Crippen molar-refractivity contribution in [1.29, 1.82) is 0 Å². The van der Waals surface area contributed by atoms with E-state index in [0.717, 1.165) is 22.2 Å². The molecule has 1 fully saturated rings. The highest BCUT2D eigenvalue weighted by Gasteiger charge is 2.45. The maximum Gasteiger partial charge on any atom is 0.263 e. The lowest BCUT2D eigenvalue weighted by atomic mass is 10.1. The van der Waals surface area contributed by atoms with Crippen LogP contribution in [0.15, 0.2) is 18.2 Å². The van der Waals surface area contributed by atoms with Crippen LogP contribution in [0.4, 0.5) is 5.69 Å². The molecule has 0 radical (unpaired) electrons. The molecular weight excluding hydrogens is 268 g/mol. The summed E-state index contributed by atoms with van der Waals surface area (Å²) in [6.07, 6.45) is 1.19. The SMILES string of the molecule is Cc1ccc2sc(C(=O)NCC3CC3(C)C)c(N)c2c1. The van der Waals surface area contributed by atoms with E-state index in [1.807, 2.05) is 25.1 Å². The van der Waals surface area contributed by atoms with Gasteiger partial charge in [-0.25, -0.2) is 0 Å². The van der Waals surface area contributed by atoms with Crippen LogP contribution >= 0.6 is 11.3 Å². The summed E-state index contributed by atoms with van der Waals surface area (Å²) in [6, 6.07) is 6.13. The highest BCUT2D eigenvalue weighted by molar-refractivity contribution is 7.21. The Kier molecular flexibility index (Phi) is 3.01. The van der Waals surface area contributed by atoms with Gasteiger partial charge in [0.1, 0.15) is 4.88 Å². The maximum absolute atomic E-state index is 12.3. The standard InChI is InChI=1S/C16H20N2OS/c1-9-4-5-12-11(6-9)13(17)14(20-12)15(19)18-8-10-7-16(10,2)3/h4-6,10H,7-8,17H2,1-3H3,(H,18,19). The van der Waals surface area contributed by atoms with E-state index in [4.69, 9.17) is 5.73 Å². The zero-order valence-corrected chi connectivity index (χ0v) is 12.9. The molecule has 3 nitrogen and oxygen atoms in total. The van der Waals surface area contributed by atoms with E-state index in [-0.39, 0.29) is 5.91 Å². The van der Waals surface area contributed by atoms with Crippen molar-refractivity contribution in [3.8, 4) is 0 Å². The normalized spacial score (nSPS) is 20.1. The molecule has 0 aliphatic heterocycles. The molecule has 0 bridgehead atoms. The van der Waals surface area contributed by atoms with E-state index in [0.29, 0.717) is 21.9 Å². The fourth-order valence-electron chi connectivity index (χ4n) is 2.62. The number of nitrogen functional groups attached to an aromatic ring is 1. The third-order valence-corrected chi connectivity index (χ3v) is 5.50. The van der Waals surface area contributed by atoms with Crippen LogP contribution in [-0.2, 0) is 0 Å². The molecule has 1 aromatic heterocycles. The predicted octanol–water partition coefficient (Wildman–Crippen LogP) is 3.57. The molecule has 2 aromatic rings. The van der Waals surface area contributed by atoms with Gasteiger partial charge in [0, 0.05) is 16.6 Å². The number of thiophene rings is 1. The molecule has 1 atom stereocenters. The second-order valence-electron chi connectivity index (χ2n) is 6.44. The molecule has 20 heavy (non-hydrogen) atoms. The number of nitrogens with one attached hydrogen (secondary N) is 1. The monoisotopic (exact) mass is 288 g/mol. The Morgan fingerprint density at radius 3 is 2.85 bits per heavy atom. The minimum absolute atomic E-state index is 0.0379. The predicted molar refractivity (Wildman–Crippen MR) is 85.2 cm³/mol. The van der Waals surface area contributed by atoms with Crippen molar-refractivity contribution >= 4 is 33.0 Å². The molecule has 4 heteroatoms. The number of hydrogen-bond acceptors (Lipinski definition) is 3. The fourth-order valence-corrected chi connectivity index (χ4v) is 3.64. The molecule has 1 heterocycles. The van der Waals surface area contributed by atoms with Crippen molar-refractivity contribution in [2.24, 2.45) is 11.3 Å². The van der Waals surface area contributed by atoms with Gasteiger partial charge in [-0.2, -0.15) is 0 Å². The number of anilines is 1. The van der Waals surface area contributed by atoms with Crippen molar-refractivity contribution in [2.75, 3.05) is 12.3 Å². The average molecular weight is 288 g/mol. The Bertz CT molecular complexity index is 687.